The van der Waals surface area contributed by atoms with Crippen LogP contribution in [0, 0.1) is 12.8 Å². The highest BCUT2D eigenvalue weighted by atomic mass is 16.2. The fraction of sp³-hybridized carbons (Fsp3) is 0.500. The number of aromatic nitrogens is 2. The van der Waals surface area contributed by atoms with Crippen molar-refractivity contribution in [1.29, 1.82) is 0 Å². The van der Waals surface area contributed by atoms with Crippen LogP contribution in [0.15, 0.2) is 42.7 Å². The van der Waals surface area contributed by atoms with Crippen LogP contribution in [0.1, 0.15) is 43.9 Å². The molecule has 0 bridgehead atoms. The van der Waals surface area contributed by atoms with Crippen LogP contribution in [0.25, 0.3) is 6.08 Å². The SMILES string of the molecule is CCC/C=C\c1c(C)ncnc1N1CCN(CC(=O)N2CCC(C(=O)Nc3ccccc3)CC2)CC1. The number of hydrogen-bond acceptors (Lipinski definition) is 6. The molecule has 0 radical (unpaired) electrons. The van der Waals surface area contributed by atoms with Gasteiger partial charge in [0.1, 0.15) is 12.1 Å². The van der Waals surface area contributed by atoms with Gasteiger partial charge in [-0.3, -0.25) is 14.5 Å². The Morgan fingerprint density at radius 2 is 1.75 bits per heavy atom. The van der Waals surface area contributed by atoms with Gasteiger partial charge in [0.15, 0.2) is 0 Å². The van der Waals surface area contributed by atoms with Crippen molar-refractivity contribution in [3.63, 3.8) is 0 Å². The van der Waals surface area contributed by atoms with Crippen molar-refractivity contribution in [2.45, 2.75) is 39.5 Å². The van der Waals surface area contributed by atoms with Crippen LogP contribution in [0.3, 0.4) is 0 Å². The molecule has 2 aliphatic rings. The van der Waals surface area contributed by atoms with Crippen molar-refractivity contribution >= 4 is 29.4 Å². The van der Waals surface area contributed by atoms with Gasteiger partial charge in [-0.05, 0) is 38.3 Å². The highest BCUT2D eigenvalue weighted by molar-refractivity contribution is 5.92. The molecule has 8 nitrogen and oxygen atoms in total. The minimum Gasteiger partial charge on any atom is -0.353 e. The van der Waals surface area contributed by atoms with E-state index >= 15 is 0 Å². The molecule has 2 saturated heterocycles. The van der Waals surface area contributed by atoms with Crippen LogP contribution < -0.4 is 10.2 Å². The summed E-state index contributed by atoms with van der Waals surface area (Å²) in [5, 5.41) is 2.99. The van der Waals surface area contributed by atoms with E-state index in [-0.39, 0.29) is 17.7 Å². The highest BCUT2D eigenvalue weighted by Crippen LogP contribution is 2.23. The Kier molecular flexibility index (Phi) is 9.06. The zero-order valence-corrected chi connectivity index (χ0v) is 21.5. The van der Waals surface area contributed by atoms with E-state index in [0.717, 1.165) is 61.8 Å². The Hall–Kier alpha value is -3.26. The average Bonchev–Trinajstić information content (AvgIpc) is 2.91. The van der Waals surface area contributed by atoms with E-state index in [4.69, 9.17) is 0 Å². The number of para-hydroxylation sites is 1. The molecule has 1 aromatic heterocycles. The van der Waals surface area contributed by atoms with Gasteiger partial charge in [-0.2, -0.15) is 0 Å². The molecular weight excluding hydrogens is 452 g/mol. The predicted octanol–water partition coefficient (Wildman–Crippen LogP) is 3.60. The zero-order chi connectivity index (χ0) is 25.3. The van der Waals surface area contributed by atoms with Gasteiger partial charge >= 0.3 is 0 Å². The Bertz CT molecular complexity index is 1040. The normalized spacial score (nSPS) is 17.5. The van der Waals surface area contributed by atoms with Crippen molar-refractivity contribution < 1.29 is 9.59 Å². The zero-order valence-electron chi connectivity index (χ0n) is 21.5. The van der Waals surface area contributed by atoms with Crippen LogP contribution in [0.4, 0.5) is 11.5 Å². The monoisotopic (exact) mass is 490 g/mol. The largest absolute Gasteiger partial charge is 0.353 e. The first-order valence-corrected chi connectivity index (χ1v) is 13.1. The van der Waals surface area contributed by atoms with Crippen LogP contribution in [-0.2, 0) is 9.59 Å². The maximum atomic E-state index is 13.0. The Morgan fingerprint density at radius 3 is 2.44 bits per heavy atom. The second kappa shape index (κ2) is 12.6. The van der Waals surface area contributed by atoms with E-state index in [0.29, 0.717) is 32.5 Å². The molecule has 192 valence electrons. The number of hydrogen-bond donors (Lipinski definition) is 1. The summed E-state index contributed by atoms with van der Waals surface area (Å²) in [6, 6.07) is 9.54. The first-order chi connectivity index (χ1) is 17.5. The van der Waals surface area contributed by atoms with Crippen molar-refractivity contribution in [1.82, 2.24) is 19.8 Å². The smallest absolute Gasteiger partial charge is 0.236 e. The summed E-state index contributed by atoms with van der Waals surface area (Å²) < 4.78 is 0. The summed E-state index contributed by atoms with van der Waals surface area (Å²) in [7, 11) is 0. The quantitative estimate of drug-likeness (QED) is 0.609. The number of carbonyl (C=O) groups is 2. The Labute approximate surface area is 214 Å². The number of carbonyl (C=O) groups excluding carboxylic acids is 2. The molecule has 1 N–H and O–H groups in total. The maximum absolute atomic E-state index is 13.0. The van der Waals surface area contributed by atoms with Gasteiger partial charge in [-0.15, -0.1) is 0 Å². The van der Waals surface area contributed by atoms with Gasteiger partial charge in [0.05, 0.1) is 12.2 Å². The lowest BCUT2D eigenvalue weighted by atomic mass is 9.95. The molecule has 0 unspecified atom stereocenters. The number of amides is 2. The van der Waals surface area contributed by atoms with Crippen molar-refractivity contribution in [2.75, 3.05) is 56.0 Å². The second-order valence-electron chi connectivity index (χ2n) is 9.66. The summed E-state index contributed by atoms with van der Waals surface area (Å²) in [5.74, 6) is 1.14. The first kappa shape index (κ1) is 25.8. The fourth-order valence-electron chi connectivity index (χ4n) is 4.85. The molecule has 4 rings (SSSR count). The number of piperazine rings is 1. The third-order valence-corrected chi connectivity index (χ3v) is 7.09. The molecule has 2 fully saturated rings. The van der Waals surface area contributed by atoms with Crippen LogP contribution in [-0.4, -0.2) is 77.4 Å². The number of piperidine rings is 1. The number of benzene rings is 1. The molecule has 36 heavy (non-hydrogen) atoms. The van der Waals surface area contributed by atoms with E-state index < -0.39 is 0 Å². The molecule has 2 aromatic rings. The maximum Gasteiger partial charge on any atom is 0.236 e. The molecular formula is C28H38N6O2. The van der Waals surface area contributed by atoms with Crippen molar-refractivity contribution in [3.8, 4) is 0 Å². The van der Waals surface area contributed by atoms with Crippen molar-refractivity contribution in [3.05, 3.63) is 54.0 Å². The fourth-order valence-corrected chi connectivity index (χ4v) is 4.85. The minimum atomic E-state index is -0.0466. The Balaban J connectivity index is 1.23. The van der Waals surface area contributed by atoms with Crippen LogP contribution in [0.2, 0.25) is 0 Å². The lowest BCUT2D eigenvalue weighted by Gasteiger charge is -2.37. The molecule has 0 aliphatic carbocycles. The summed E-state index contributed by atoms with van der Waals surface area (Å²) in [6.07, 6.45) is 9.55. The number of nitrogens with one attached hydrogen (secondary N) is 1. The number of rotatable bonds is 8. The van der Waals surface area contributed by atoms with E-state index in [1.807, 2.05) is 42.2 Å². The van der Waals surface area contributed by atoms with Gasteiger partial charge in [0, 0.05) is 56.4 Å². The van der Waals surface area contributed by atoms with Gasteiger partial charge < -0.3 is 15.1 Å². The topological polar surface area (TPSA) is 81.7 Å². The number of likely N-dealkylation sites (tertiary alicyclic amines) is 1. The van der Waals surface area contributed by atoms with E-state index in [1.54, 1.807) is 6.33 Å². The molecule has 1 aromatic carbocycles. The van der Waals surface area contributed by atoms with Gasteiger partial charge in [0.25, 0.3) is 0 Å². The molecule has 0 saturated carbocycles. The molecule has 0 spiro atoms. The third kappa shape index (κ3) is 6.69. The lowest BCUT2D eigenvalue weighted by Crippen LogP contribution is -2.51. The third-order valence-electron chi connectivity index (χ3n) is 7.09. The van der Waals surface area contributed by atoms with Gasteiger partial charge in [0.2, 0.25) is 11.8 Å². The second-order valence-corrected chi connectivity index (χ2v) is 9.66. The average molecular weight is 491 g/mol. The Morgan fingerprint density at radius 1 is 1.03 bits per heavy atom. The number of allylic oxidation sites excluding steroid dienone is 1. The highest BCUT2D eigenvalue weighted by Gasteiger charge is 2.29. The molecule has 2 amide bonds. The van der Waals surface area contributed by atoms with E-state index in [1.165, 1.54) is 0 Å². The van der Waals surface area contributed by atoms with Crippen LogP contribution >= 0.6 is 0 Å². The van der Waals surface area contributed by atoms with Gasteiger partial charge in [-0.1, -0.05) is 43.7 Å². The molecule has 3 heterocycles. The summed E-state index contributed by atoms with van der Waals surface area (Å²) in [6.45, 7) is 9.22. The summed E-state index contributed by atoms with van der Waals surface area (Å²) in [5.41, 5.74) is 2.90. The summed E-state index contributed by atoms with van der Waals surface area (Å²) in [4.78, 5) is 41.0. The lowest BCUT2D eigenvalue weighted by molar-refractivity contribution is -0.135. The first-order valence-electron chi connectivity index (χ1n) is 13.1. The number of nitrogens with zero attached hydrogens (tertiary/aromatic N) is 5. The number of anilines is 2. The van der Waals surface area contributed by atoms with Crippen LogP contribution in [0.5, 0.6) is 0 Å². The number of unbranched alkanes of at least 4 members (excludes halogenated alkanes) is 1. The standard InChI is InChI=1S/C28H38N6O2/c1-3-4-6-11-25-22(2)29-21-30-27(25)34-18-16-32(17-19-34)20-26(35)33-14-12-23(13-15-33)28(36)31-24-9-7-5-8-10-24/h5-11,21,23H,3-4,12-20H2,1-2H3,(H,31,36)/b11-6-. The molecule has 0 atom stereocenters. The minimum absolute atomic E-state index is 0.0466. The van der Waals surface area contributed by atoms with Crippen molar-refractivity contribution in [2.24, 2.45) is 5.92 Å². The number of aryl methyl sites for hydroxylation is 1. The van der Waals surface area contributed by atoms with E-state index in [9.17, 15) is 9.59 Å². The van der Waals surface area contributed by atoms with E-state index in [2.05, 4.69) is 44.2 Å². The van der Waals surface area contributed by atoms with Gasteiger partial charge in [-0.25, -0.2) is 9.97 Å². The summed E-state index contributed by atoms with van der Waals surface area (Å²) >= 11 is 0. The molecule has 2 aliphatic heterocycles. The predicted molar refractivity (Wildman–Crippen MR) is 144 cm³/mol. The molecule has 8 heteroatoms.